The van der Waals surface area contributed by atoms with Crippen molar-refractivity contribution in [3.63, 3.8) is 0 Å². The molecule has 0 saturated carbocycles. The summed E-state index contributed by atoms with van der Waals surface area (Å²) in [5.74, 6) is 0.278. The first-order chi connectivity index (χ1) is 9.86. The zero-order chi connectivity index (χ0) is 15.5. The fraction of sp³-hybridized carbons (Fsp3) is 0.0769. The van der Waals surface area contributed by atoms with Gasteiger partial charge < -0.3 is 5.32 Å². The Labute approximate surface area is 122 Å². The summed E-state index contributed by atoms with van der Waals surface area (Å²) >= 11 is 5.49. The molecule has 2 amide bonds. The Bertz CT molecular complexity index is 647. The van der Waals surface area contributed by atoms with E-state index in [4.69, 9.17) is 11.6 Å². The first-order valence-electron chi connectivity index (χ1n) is 5.72. The Kier molecular flexibility index (Phi) is 4.32. The van der Waals surface area contributed by atoms with Crippen molar-refractivity contribution in [2.24, 2.45) is 0 Å². The molecule has 0 spiro atoms. The SMILES string of the molecule is O=C(Nc1ccc(Cl)c(C(F)(F)F)c1)Nc1ccccn1. The fourth-order valence-corrected chi connectivity index (χ4v) is 1.76. The number of nitrogens with one attached hydrogen (secondary N) is 2. The van der Waals surface area contributed by atoms with Gasteiger partial charge in [-0.3, -0.25) is 5.32 Å². The lowest BCUT2D eigenvalue weighted by Crippen LogP contribution is -2.20. The highest BCUT2D eigenvalue weighted by Gasteiger charge is 2.33. The van der Waals surface area contributed by atoms with Crippen molar-refractivity contribution in [3.8, 4) is 0 Å². The number of benzene rings is 1. The predicted octanol–water partition coefficient (Wildman–Crippen LogP) is 4.40. The lowest BCUT2D eigenvalue weighted by molar-refractivity contribution is -0.137. The van der Waals surface area contributed by atoms with Gasteiger partial charge in [0, 0.05) is 11.9 Å². The van der Waals surface area contributed by atoms with Crippen LogP contribution in [-0.2, 0) is 6.18 Å². The molecular weight excluding hydrogens is 307 g/mol. The molecule has 0 atom stereocenters. The number of nitrogens with zero attached hydrogens (tertiary/aromatic N) is 1. The Morgan fingerprint density at radius 2 is 1.90 bits per heavy atom. The molecule has 2 rings (SSSR count). The molecule has 0 bridgehead atoms. The first kappa shape index (κ1) is 15.1. The summed E-state index contributed by atoms with van der Waals surface area (Å²) in [5, 5.41) is 4.24. The number of anilines is 2. The average molecular weight is 316 g/mol. The third kappa shape index (κ3) is 4.09. The lowest BCUT2D eigenvalue weighted by Gasteiger charge is -2.12. The van der Waals surface area contributed by atoms with E-state index in [0.717, 1.165) is 12.1 Å². The summed E-state index contributed by atoms with van der Waals surface area (Å²) in [4.78, 5) is 15.5. The third-order valence-corrected chi connectivity index (χ3v) is 2.77. The average Bonchev–Trinajstić information content (AvgIpc) is 2.41. The van der Waals surface area contributed by atoms with Gasteiger partial charge in [0.1, 0.15) is 5.82 Å². The highest BCUT2D eigenvalue weighted by atomic mass is 35.5. The molecule has 1 aromatic carbocycles. The molecular formula is C13H9ClF3N3O. The van der Waals surface area contributed by atoms with Crippen molar-refractivity contribution in [3.05, 3.63) is 53.2 Å². The predicted molar refractivity (Wildman–Crippen MR) is 73.3 cm³/mol. The van der Waals surface area contributed by atoms with E-state index < -0.39 is 22.8 Å². The van der Waals surface area contributed by atoms with E-state index in [-0.39, 0.29) is 11.5 Å². The van der Waals surface area contributed by atoms with Gasteiger partial charge in [-0.15, -0.1) is 0 Å². The Morgan fingerprint density at radius 3 is 2.52 bits per heavy atom. The zero-order valence-corrected chi connectivity index (χ0v) is 11.2. The summed E-state index contributed by atoms with van der Waals surface area (Å²) < 4.78 is 38.1. The zero-order valence-electron chi connectivity index (χ0n) is 10.4. The second-order valence-corrected chi connectivity index (χ2v) is 4.39. The largest absolute Gasteiger partial charge is 0.417 e. The Morgan fingerprint density at radius 1 is 1.14 bits per heavy atom. The van der Waals surface area contributed by atoms with Crippen LogP contribution in [0.25, 0.3) is 0 Å². The van der Waals surface area contributed by atoms with E-state index in [2.05, 4.69) is 15.6 Å². The summed E-state index contributed by atoms with van der Waals surface area (Å²) in [7, 11) is 0. The van der Waals surface area contributed by atoms with E-state index in [1.165, 1.54) is 12.3 Å². The number of carbonyl (C=O) groups is 1. The lowest BCUT2D eigenvalue weighted by atomic mass is 10.2. The first-order valence-corrected chi connectivity index (χ1v) is 6.10. The number of carbonyl (C=O) groups excluding carboxylic acids is 1. The van der Waals surface area contributed by atoms with Gasteiger partial charge in [0.15, 0.2) is 0 Å². The van der Waals surface area contributed by atoms with Gasteiger partial charge in [0.05, 0.1) is 10.6 Å². The monoisotopic (exact) mass is 315 g/mol. The van der Waals surface area contributed by atoms with Crippen molar-refractivity contribution in [1.29, 1.82) is 0 Å². The maximum absolute atomic E-state index is 12.7. The van der Waals surface area contributed by atoms with Crippen molar-refractivity contribution in [1.82, 2.24) is 4.98 Å². The number of alkyl halides is 3. The highest BCUT2D eigenvalue weighted by molar-refractivity contribution is 6.31. The van der Waals surface area contributed by atoms with Gasteiger partial charge >= 0.3 is 12.2 Å². The minimum Gasteiger partial charge on any atom is -0.308 e. The normalized spacial score (nSPS) is 11.0. The fourth-order valence-electron chi connectivity index (χ4n) is 1.54. The molecule has 0 radical (unpaired) electrons. The maximum Gasteiger partial charge on any atom is 0.417 e. The molecule has 2 aromatic rings. The molecule has 4 nitrogen and oxygen atoms in total. The van der Waals surface area contributed by atoms with E-state index >= 15 is 0 Å². The second-order valence-electron chi connectivity index (χ2n) is 3.99. The molecule has 1 heterocycles. The van der Waals surface area contributed by atoms with Crippen LogP contribution in [0.2, 0.25) is 5.02 Å². The van der Waals surface area contributed by atoms with Gasteiger partial charge in [-0.25, -0.2) is 9.78 Å². The van der Waals surface area contributed by atoms with Crippen LogP contribution in [0.5, 0.6) is 0 Å². The second kappa shape index (κ2) is 6.01. The standard InChI is InChI=1S/C13H9ClF3N3O/c14-10-5-4-8(7-9(10)13(15,16)17)19-12(21)20-11-3-1-2-6-18-11/h1-7H,(H2,18,19,20,21). The van der Waals surface area contributed by atoms with Crippen molar-refractivity contribution >= 4 is 29.1 Å². The summed E-state index contributed by atoms with van der Waals surface area (Å²) in [6.07, 6.45) is -3.12. The number of amides is 2. The van der Waals surface area contributed by atoms with Crippen LogP contribution in [0.15, 0.2) is 42.6 Å². The molecule has 0 aliphatic heterocycles. The van der Waals surface area contributed by atoms with E-state index in [0.29, 0.717) is 0 Å². The number of aromatic nitrogens is 1. The quantitative estimate of drug-likeness (QED) is 0.863. The number of rotatable bonds is 2. The van der Waals surface area contributed by atoms with Gasteiger partial charge in [-0.2, -0.15) is 13.2 Å². The topological polar surface area (TPSA) is 54.0 Å². The smallest absolute Gasteiger partial charge is 0.308 e. The molecule has 1 aromatic heterocycles. The van der Waals surface area contributed by atoms with E-state index in [1.807, 2.05) is 0 Å². The maximum atomic E-state index is 12.7. The number of halogens is 4. The molecule has 0 aliphatic rings. The Balaban J connectivity index is 2.11. The molecule has 2 N–H and O–H groups in total. The van der Waals surface area contributed by atoms with E-state index in [9.17, 15) is 18.0 Å². The van der Waals surface area contributed by atoms with Gasteiger partial charge in [-0.05, 0) is 30.3 Å². The molecule has 21 heavy (non-hydrogen) atoms. The number of urea groups is 1. The summed E-state index contributed by atoms with van der Waals surface area (Å²) in [6.45, 7) is 0. The molecule has 0 fully saturated rings. The Hall–Kier alpha value is -2.28. The van der Waals surface area contributed by atoms with Gasteiger partial charge in [0.2, 0.25) is 0 Å². The molecule has 110 valence electrons. The van der Waals surface area contributed by atoms with Crippen LogP contribution in [-0.4, -0.2) is 11.0 Å². The van der Waals surface area contributed by atoms with Crippen LogP contribution >= 0.6 is 11.6 Å². The van der Waals surface area contributed by atoms with Gasteiger partial charge in [0.25, 0.3) is 0 Å². The number of pyridine rings is 1. The van der Waals surface area contributed by atoms with Crippen LogP contribution in [0.3, 0.4) is 0 Å². The molecule has 0 saturated heterocycles. The number of hydrogen-bond acceptors (Lipinski definition) is 2. The minimum absolute atomic E-state index is 0.0276. The minimum atomic E-state index is -4.59. The molecule has 0 unspecified atom stereocenters. The molecule has 0 aliphatic carbocycles. The van der Waals surface area contributed by atoms with Crippen molar-refractivity contribution in [2.45, 2.75) is 6.18 Å². The highest BCUT2D eigenvalue weighted by Crippen LogP contribution is 2.36. The summed E-state index contributed by atoms with van der Waals surface area (Å²) in [5.41, 5.74) is -1.04. The summed E-state index contributed by atoms with van der Waals surface area (Å²) in [6, 6.07) is 7.27. The third-order valence-electron chi connectivity index (χ3n) is 2.44. The van der Waals surface area contributed by atoms with Crippen LogP contribution in [0, 0.1) is 0 Å². The van der Waals surface area contributed by atoms with Crippen molar-refractivity contribution in [2.75, 3.05) is 10.6 Å². The van der Waals surface area contributed by atoms with Crippen LogP contribution < -0.4 is 10.6 Å². The molecule has 8 heteroatoms. The van der Waals surface area contributed by atoms with Crippen LogP contribution in [0.4, 0.5) is 29.5 Å². The van der Waals surface area contributed by atoms with E-state index in [1.54, 1.807) is 18.2 Å². The van der Waals surface area contributed by atoms with Gasteiger partial charge in [-0.1, -0.05) is 17.7 Å². The number of hydrogen-bond donors (Lipinski definition) is 2. The van der Waals surface area contributed by atoms with Crippen LogP contribution in [0.1, 0.15) is 5.56 Å². The van der Waals surface area contributed by atoms with Crippen molar-refractivity contribution < 1.29 is 18.0 Å².